The van der Waals surface area contributed by atoms with Crippen molar-refractivity contribution < 1.29 is 63.5 Å². The Balaban J connectivity index is 1.31. The number of fused-ring (bicyclic) bond motifs is 2. The van der Waals surface area contributed by atoms with Crippen LogP contribution in [-0.2, 0) is 4.74 Å². The van der Waals surface area contributed by atoms with Gasteiger partial charge in [0.1, 0.15) is 29.4 Å². The Labute approximate surface area is 274 Å². The van der Waals surface area contributed by atoms with Crippen molar-refractivity contribution in [2.45, 2.75) is 24.4 Å². The summed E-state index contributed by atoms with van der Waals surface area (Å²) in [5, 5.41) is 63.6. The number of Topliss-reactive ketones (excluding diaryl/α,β-unsaturated/α-hetero) is 1. The van der Waals surface area contributed by atoms with Crippen LogP contribution in [0.3, 0.4) is 0 Å². The van der Waals surface area contributed by atoms with Gasteiger partial charge in [-0.05, 0) is 29.8 Å². The van der Waals surface area contributed by atoms with E-state index < -0.39 is 75.3 Å². The van der Waals surface area contributed by atoms with Gasteiger partial charge in [-0.15, -0.1) is 0 Å². The van der Waals surface area contributed by atoms with Crippen LogP contribution in [0.1, 0.15) is 44.1 Å². The average Bonchev–Trinajstić information content (AvgIpc) is 3.07. The molecule has 252 valence electrons. The average molecular weight is 677 g/mol. The van der Waals surface area contributed by atoms with Crippen molar-refractivity contribution in [3.63, 3.8) is 0 Å². The van der Waals surface area contributed by atoms with Gasteiger partial charge >= 0.3 is 5.97 Å². The van der Waals surface area contributed by atoms with Crippen molar-refractivity contribution in [1.82, 2.24) is 0 Å². The molecule has 4 aromatic carbocycles. The highest BCUT2D eigenvalue weighted by molar-refractivity contribution is 6.05. The molecule has 0 spiro atoms. The number of nitro groups is 2. The molecule has 4 atom stereocenters. The number of benzene rings is 4. The third-order valence-electron chi connectivity index (χ3n) is 7.76. The number of ether oxygens (including phenoxy) is 5. The molecular formula is C32H24N2O15. The Morgan fingerprint density at radius 1 is 0.796 bits per heavy atom. The van der Waals surface area contributed by atoms with Crippen LogP contribution in [0.2, 0.25) is 0 Å². The molecule has 2 aliphatic heterocycles. The van der Waals surface area contributed by atoms with Gasteiger partial charge in [-0.25, -0.2) is 4.79 Å². The van der Waals surface area contributed by atoms with Gasteiger partial charge in [0.15, 0.2) is 47.4 Å². The molecule has 0 bridgehead atoms. The van der Waals surface area contributed by atoms with E-state index in [-0.39, 0.29) is 45.6 Å². The zero-order valence-electron chi connectivity index (χ0n) is 25.0. The maximum atomic E-state index is 13.0. The van der Waals surface area contributed by atoms with Crippen molar-refractivity contribution in [3.8, 4) is 40.2 Å². The molecule has 6 rings (SSSR count). The number of carbonyl (C=O) groups excluding carboxylic acids is 2. The third-order valence-corrected chi connectivity index (χ3v) is 7.76. The number of ketones is 1. The lowest BCUT2D eigenvalue weighted by atomic mass is 9.92. The number of hydrogen-bond donors (Lipinski definition) is 4. The second-order valence-corrected chi connectivity index (χ2v) is 10.9. The van der Waals surface area contributed by atoms with Gasteiger partial charge < -0.3 is 44.1 Å². The van der Waals surface area contributed by atoms with Crippen LogP contribution in [0.4, 0.5) is 11.4 Å². The van der Waals surface area contributed by atoms with Gasteiger partial charge in [-0.2, -0.15) is 0 Å². The molecule has 2 heterocycles. The zero-order chi connectivity index (χ0) is 35.1. The largest absolute Gasteiger partial charge is 0.508 e. The van der Waals surface area contributed by atoms with E-state index in [0.29, 0.717) is 11.6 Å². The number of methoxy groups -OCH3 is 1. The summed E-state index contributed by atoms with van der Waals surface area (Å²) >= 11 is 0. The minimum atomic E-state index is -1.75. The van der Waals surface area contributed by atoms with E-state index in [1.807, 2.05) is 0 Å². The molecular weight excluding hydrogens is 652 g/mol. The number of nitro benzene ring substituents is 2. The van der Waals surface area contributed by atoms with Gasteiger partial charge in [0.25, 0.3) is 11.4 Å². The smallest absolute Gasteiger partial charge is 0.338 e. The lowest BCUT2D eigenvalue weighted by Crippen LogP contribution is -2.38. The number of non-ortho nitro benzene ring substituents is 2. The SMILES string of the molecule is COc1cc(C2Oc3cc([C@H]4Oc5cc(O)cc(O)c5C(=O)[C@@H]4O)ccc3OC2COC(=O)c2cc([N+](=O)[O-])cc([N+](=O)[O-])c2)ccc1O. The summed E-state index contributed by atoms with van der Waals surface area (Å²) in [5.74, 6) is -2.95. The van der Waals surface area contributed by atoms with Crippen LogP contribution in [-0.4, -0.2) is 67.9 Å². The van der Waals surface area contributed by atoms with Gasteiger partial charge in [0.2, 0.25) is 5.78 Å². The summed E-state index contributed by atoms with van der Waals surface area (Å²) in [6.07, 6.45) is -5.21. The first-order valence-electron chi connectivity index (χ1n) is 14.2. The molecule has 17 heteroatoms. The summed E-state index contributed by atoms with van der Waals surface area (Å²) < 4.78 is 28.8. The van der Waals surface area contributed by atoms with E-state index in [0.717, 1.165) is 24.3 Å². The zero-order valence-corrected chi connectivity index (χ0v) is 25.0. The first-order chi connectivity index (χ1) is 23.3. The second-order valence-electron chi connectivity index (χ2n) is 10.9. The Morgan fingerprint density at radius 2 is 1.45 bits per heavy atom. The Bertz CT molecular complexity index is 2000. The number of esters is 1. The highest BCUT2D eigenvalue weighted by Crippen LogP contribution is 2.46. The molecule has 0 saturated carbocycles. The molecule has 0 amide bonds. The lowest BCUT2D eigenvalue weighted by molar-refractivity contribution is -0.394. The first-order valence-corrected chi connectivity index (χ1v) is 14.2. The van der Waals surface area contributed by atoms with E-state index in [1.54, 1.807) is 0 Å². The number of carbonyl (C=O) groups is 2. The van der Waals surface area contributed by atoms with Crippen LogP contribution in [0.5, 0.6) is 40.2 Å². The summed E-state index contributed by atoms with van der Waals surface area (Å²) in [7, 11) is 1.32. The Hall–Kier alpha value is -6.62. The first kappa shape index (κ1) is 32.3. The fraction of sp³-hybridized carbons (Fsp3) is 0.188. The monoisotopic (exact) mass is 676 g/mol. The highest BCUT2D eigenvalue weighted by atomic mass is 16.6. The van der Waals surface area contributed by atoms with Gasteiger partial charge in [0.05, 0.1) is 28.6 Å². The summed E-state index contributed by atoms with van der Waals surface area (Å²) in [4.78, 5) is 46.7. The maximum absolute atomic E-state index is 13.0. The molecule has 0 aliphatic carbocycles. The molecule has 0 fully saturated rings. The van der Waals surface area contributed by atoms with Crippen molar-refractivity contribution in [2.75, 3.05) is 13.7 Å². The van der Waals surface area contributed by atoms with E-state index in [2.05, 4.69) is 0 Å². The number of nitrogens with zero attached hydrogens (tertiary/aromatic N) is 2. The predicted octanol–water partition coefficient (Wildman–Crippen LogP) is 4.04. The minimum Gasteiger partial charge on any atom is -0.508 e. The Kier molecular flexibility index (Phi) is 8.27. The minimum absolute atomic E-state index is 0.0720. The normalized spacial score (nSPS) is 19.3. The van der Waals surface area contributed by atoms with Gasteiger partial charge in [-0.1, -0.05) is 12.1 Å². The van der Waals surface area contributed by atoms with E-state index in [4.69, 9.17) is 23.7 Å². The van der Waals surface area contributed by atoms with E-state index in [9.17, 15) is 50.2 Å². The fourth-order valence-electron chi connectivity index (χ4n) is 5.43. The second kappa shape index (κ2) is 12.5. The molecule has 4 aromatic rings. The van der Waals surface area contributed by atoms with Crippen LogP contribution in [0, 0.1) is 20.2 Å². The number of hydrogen-bond acceptors (Lipinski definition) is 15. The maximum Gasteiger partial charge on any atom is 0.338 e. The standard InChI is InChI=1S/C32H24N2O15/c1-45-23-8-14(2-4-20(23)36)30-26(13-46-32(40)16-6-17(33(41)42)10-18(7-16)34(43)44)47-22-5-3-15(9-24(22)48-30)31-29(39)28(38)27-21(37)11-19(35)12-25(27)49-31/h2-12,26,29-31,35-37,39H,13H2,1H3/t26?,29-,30?,31+/m0/s1. The molecule has 2 unspecified atom stereocenters. The van der Waals surface area contributed by atoms with Crippen molar-refractivity contribution in [2.24, 2.45) is 0 Å². The molecule has 4 N–H and O–H groups in total. The number of phenols is 3. The van der Waals surface area contributed by atoms with Crippen LogP contribution >= 0.6 is 0 Å². The molecule has 0 saturated heterocycles. The quantitative estimate of drug-likeness (QED) is 0.117. The molecule has 0 radical (unpaired) electrons. The van der Waals surface area contributed by atoms with Crippen molar-refractivity contribution in [3.05, 3.63) is 109 Å². The summed E-state index contributed by atoms with van der Waals surface area (Å²) in [6.45, 7) is -0.521. The van der Waals surface area contributed by atoms with E-state index in [1.165, 1.54) is 43.5 Å². The lowest BCUT2D eigenvalue weighted by Gasteiger charge is -2.35. The topological polar surface area (TPSA) is 247 Å². The Morgan fingerprint density at radius 3 is 2.12 bits per heavy atom. The molecule has 49 heavy (non-hydrogen) atoms. The van der Waals surface area contributed by atoms with Gasteiger partial charge in [-0.3, -0.25) is 25.0 Å². The summed E-state index contributed by atoms with van der Waals surface area (Å²) in [6, 6.07) is 13.0. The number of aromatic hydroxyl groups is 3. The number of aliphatic hydroxyl groups is 1. The molecule has 2 aliphatic rings. The third kappa shape index (κ3) is 6.12. The number of rotatable bonds is 8. The van der Waals surface area contributed by atoms with Crippen LogP contribution in [0.25, 0.3) is 0 Å². The van der Waals surface area contributed by atoms with E-state index >= 15 is 0 Å². The number of phenolic OH excluding ortho intramolecular Hbond substituents is 3. The highest BCUT2D eigenvalue weighted by Gasteiger charge is 2.41. The predicted molar refractivity (Wildman–Crippen MR) is 162 cm³/mol. The van der Waals surface area contributed by atoms with Crippen LogP contribution in [0.15, 0.2) is 66.7 Å². The summed E-state index contributed by atoms with van der Waals surface area (Å²) in [5.41, 5.74) is -1.50. The number of aliphatic hydroxyl groups excluding tert-OH is 1. The van der Waals surface area contributed by atoms with Crippen molar-refractivity contribution >= 4 is 23.1 Å². The molecule has 17 nitrogen and oxygen atoms in total. The van der Waals surface area contributed by atoms with Crippen LogP contribution < -0.4 is 18.9 Å². The van der Waals surface area contributed by atoms with Gasteiger partial charge in [0, 0.05) is 29.8 Å². The fourth-order valence-corrected chi connectivity index (χ4v) is 5.43. The molecule has 0 aromatic heterocycles. The van der Waals surface area contributed by atoms with Crippen molar-refractivity contribution in [1.29, 1.82) is 0 Å².